The van der Waals surface area contributed by atoms with Crippen LogP contribution in [-0.2, 0) is 17.1 Å². The Morgan fingerprint density at radius 2 is 1.71 bits per heavy atom. The van der Waals surface area contributed by atoms with E-state index in [0.29, 0.717) is 29.2 Å². The van der Waals surface area contributed by atoms with Crippen molar-refractivity contribution in [3.8, 4) is 5.75 Å². The van der Waals surface area contributed by atoms with E-state index in [9.17, 15) is 13.2 Å². The lowest BCUT2D eigenvalue weighted by atomic mass is 10.2. The Bertz CT molecular complexity index is 1270. The fourth-order valence-corrected chi connectivity index (χ4v) is 6.34. The minimum atomic E-state index is -3.54. The Morgan fingerprint density at radius 3 is 2.35 bits per heavy atom. The Kier molecular flexibility index (Phi) is 6.27. The van der Waals surface area contributed by atoms with Crippen LogP contribution in [0, 0.1) is 0 Å². The molecule has 7 nitrogen and oxygen atoms in total. The second-order valence-corrected chi connectivity index (χ2v) is 10.5. The summed E-state index contributed by atoms with van der Waals surface area (Å²) < 4.78 is 35.6. The topological polar surface area (TPSA) is 81.0 Å². The predicted octanol–water partition coefficient (Wildman–Crippen LogP) is 3.55. The second-order valence-electron chi connectivity index (χ2n) is 7.51. The van der Waals surface area contributed by atoms with Crippen molar-refractivity contribution in [1.82, 2.24) is 8.87 Å². The standard InChI is InChI=1S/C22H25N3O4S2/c1-24-20-18(29-2)8-7-9-19(20)30-22(24)23-21(26)16-10-12-17(13-11-16)31(27,28)25-14-5-3-4-6-15-25/h7-13H,3-6,14-15H2,1-2H3. The third kappa shape index (κ3) is 4.30. The molecule has 164 valence electrons. The molecule has 0 bridgehead atoms. The number of hydrogen-bond donors (Lipinski definition) is 0. The monoisotopic (exact) mass is 459 g/mol. The van der Waals surface area contributed by atoms with Gasteiger partial charge in [0.05, 0.1) is 16.7 Å². The van der Waals surface area contributed by atoms with E-state index in [0.717, 1.165) is 35.9 Å². The van der Waals surface area contributed by atoms with Crippen molar-refractivity contribution in [2.45, 2.75) is 30.6 Å². The van der Waals surface area contributed by atoms with E-state index in [1.807, 2.05) is 29.8 Å². The molecule has 3 aromatic rings. The van der Waals surface area contributed by atoms with Crippen molar-refractivity contribution >= 4 is 37.5 Å². The van der Waals surface area contributed by atoms with E-state index >= 15 is 0 Å². The van der Waals surface area contributed by atoms with Crippen LogP contribution in [0.25, 0.3) is 10.2 Å². The maximum atomic E-state index is 12.9. The number of sulfonamides is 1. The number of benzene rings is 2. The van der Waals surface area contributed by atoms with Gasteiger partial charge in [-0.25, -0.2) is 8.42 Å². The highest BCUT2D eigenvalue weighted by atomic mass is 32.2. The minimum Gasteiger partial charge on any atom is -0.495 e. The third-order valence-electron chi connectivity index (χ3n) is 5.51. The second kappa shape index (κ2) is 8.94. The Balaban J connectivity index is 1.62. The molecule has 0 saturated carbocycles. The van der Waals surface area contributed by atoms with Crippen molar-refractivity contribution in [2.24, 2.45) is 12.0 Å². The van der Waals surface area contributed by atoms with Crippen LogP contribution in [0.1, 0.15) is 36.0 Å². The number of aromatic nitrogens is 1. The first kappa shape index (κ1) is 21.7. The highest BCUT2D eigenvalue weighted by Gasteiger charge is 2.25. The molecule has 0 atom stereocenters. The van der Waals surface area contributed by atoms with Crippen LogP contribution in [-0.4, -0.2) is 43.4 Å². The number of aryl methyl sites for hydroxylation is 1. The fraction of sp³-hybridized carbons (Fsp3) is 0.364. The first-order chi connectivity index (χ1) is 14.9. The summed E-state index contributed by atoms with van der Waals surface area (Å²) in [6.07, 6.45) is 3.88. The molecule has 0 radical (unpaired) electrons. The lowest BCUT2D eigenvalue weighted by molar-refractivity contribution is 0.0998. The number of amides is 1. The molecular weight excluding hydrogens is 434 g/mol. The minimum absolute atomic E-state index is 0.211. The maximum absolute atomic E-state index is 12.9. The normalized spacial score (nSPS) is 16.4. The molecule has 31 heavy (non-hydrogen) atoms. The van der Waals surface area contributed by atoms with E-state index in [2.05, 4.69) is 4.99 Å². The summed E-state index contributed by atoms with van der Waals surface area (Å²) in [4.78, 5) is 17.8. The van der Waals surface area contributed by atoms with Gasteiger partial charge in [-0.05, 0) is 49.2 Å². The number of thiazole rings is 1. The SMILES string of the molecule is COc1cccc2sc(=NC(=O)c3ccc(S(=O)(=O)N4CCCCCC4)cc3)n(C)c12. The number of hydrogen-bond acceptors (Lipinski definition) is 5. The van der Waals surface area contributed by atoms with E-state index in [4.69, 9.17) is 4.74 Å². The third-order valence-corrected chi connectivity index (χ3v) is 8.52. The lowest BCUT2D eigenvalue weighted by Gasteiger charge is -2.19. The molecule has 1 aliphatic rings. The van der Waals surface area contributed by atoms with Gasteiger partial charge in [0.2, 0.25) is 10.0 Å². The Morgan fingerprint density at radius 1 is 1.03 bits per heavy atom. The summed E-state index contributed by atoms with van der Waals surface area (Å²) in [7, 11) is -0.0986. The first-order valence-corrected chi connectivity index (χ1v) is 12.5. The van der Waals surface area contributed by atoms with Gasteiger partial charge in [-0.1, -0.05) is 30.2 Å². The number of nitrogens with zero attached hydrogens (tertiary/aromatic N) is 3. The largest absolute Gasteiger partial charge is 0.495 e. The highest BCUT2D eigenvalue weighted by Crippen LogP contribution is 2.26. The van der Waals surface area contributed by atoms with Gasteiger partial charge in [0.15, 0.2) is 4.80 Å². The summed E-state index contributed by atoms with van der Waals surface area (Å²) in [6, 6.07) is 11.8. The predicted molar refractivity (Wildman–Crippen MR) is 121 cm³/mol. The number of methoxy groups -OCH3 is 1. The zero-order valence-corrected chi connectivity index (χ0v) is 19.2. The summed E-state index contributed by atoms with van der Waals surface area (Å²) in [5.74, 6) is 0.299. The number of rotatable bonds is 4. The Hall–Kier alpha value is -2.49. The molecule has 2 aromatic carbocycles. The molecule has 1 fully saturated rings. The van der Waals surface area contributed by atoms with Crippen molar-refractivity contribution in [2.75, 3.05) is 20.2 Å². The first-order valence-electron chi connectivity index (χ1n) is 10.2. The molecule has 1 saturated heterocycles. The van der Waals surface area contributed by atoms with Gasteiger partial charge in [0, 0.05) is 25.7 Å². The average Bonchev–Trinajstić information content (AvgIpc) is 2.96. The summed E-state index contributed by atoms with van der Waals surface area (Å²) in [6.45, 7) is 1.09. The van der Waals surface area contributed by atoms with Gasteiger partial charge in [-0.15, -0.1) is 0 Å². The van der Waals surface area contributed by atoms with E-state index < -0.39 is 15.9 Å². The van der Waals surface area contributed by atoms with Crippen molar-refractivity contribution in [3.63, 3.8) is 0 Å². The molecule has 1 aromatic heterocycles. The van der Waals surface area contributed by atoms with Gasteiger partial charge in [-0.3, -0.25) is 4.79 Å². The summed E-state index contributed by atoms with van der Waals surface area (Å²) >= 11 is 1.40. The number of ether oxygens (including phenoxy) is 1. The molecule has 2 heterocycles. The lowest BCUT2D eigenvalue weighted by Crippen LogP contribution is -2.31. The maximum Gasteiger partial charge on any atom is 0.279 e. The van der Waals surface area contributed by atoms with Gasteiger partial charge in [-0.2, -0.15) is 9.30 Å². The van der Waals surface area contributed by atoms with Crippen molar-refractivity contribution in [3.05, 3.63) is 52.8 Å². The van der Waals surface area contributed by atoms with Crippen molar-refractivity contribution < 1.29 is 17.9 Å². The number of carbonyl (C=O) groups excluding carboxylic acids is 1. The van der Waals surface area contributed by atoms with Crippen LogP contribution in [0.15, 0.2) is 52.4 Å². The van der Waals surface area contributed by atoms with Crippen LogP contribution < -0.4 is 9.54 Å². The van der Waals surface area contributed by atoms with Crippen LogP contribution in [0.2, 0.25) is 0 Å². The number of fused-ring (bicyclic) bond motifs is 1. The average molecular weight is 460 g/mol. The molecular formula is C22H25N3O4S2. The number of carbonyl (C=O) groups is 1. The molecule has 0 unspecified atom stereocenters. The zero-order valence-electron chi connectivity index (χ0n) is 17.6. The zero-order chi connectivity index (χ0) is 22.0. The molecule has 0 N–H and O–H groups in total. The van der Waals surface area contributed by atoms with Crippen LogP contribution in [0.5, 0.6) is 5.75 Å². The quantitative estimate of drug-likeness (QED) is 0.598. The molecule has 9 heteroatoms. The number of para-hydroxylation sites is 1. The van der Waals surface area contributed by atoms with Crippen LogP contribution in [0.4, 0.5) is 0 Å². The van der Waals surface area contributed by atoms with E-state index in [1.54, 1.807) is 11.4 Å². The smallest absolute Gasteiger partial charge is 0.279 e. The van der Waals surface area contributed by atoms with Gasteiger partial charge in [0.25, 0.3) is 5.91 Å². The van der Waals surface area contributed by atoms with E-state index in [1.165, 1.54) is 35.6 Å². The van der Waals surface area contributed by atoms with E-state index in [-0.39, 0.29) is 4.90 Å². The molecule has 0 aliphatic carbocycles. The van der Waals surface area contributed by atoms with Gasteiger partial charge >= 0.3 is 0 Å². The molecule has 4 rings (SSSR count). The van der Waals surface area contributed by atoms with Gasteiger partial charge < -0.3 is 9.30 Å². The van der Waals surface area contributed by atoms with Crippen LogP contribution >= 0.6 is 11.3 Å². The Labute approximate surface area is 185 Å². The summed E-state index contributed by atoms with van der Waals surface area (Å²) in [5, 5.41) is 0. The fourth-order valence-electron chi connectivity index (χ4n) is 3.79. The van der Waals surface area contributed by atoms with Gasteiger partial charge in [0.1, 0.15) is 11.3 Å². The molecule has 1 amide bonds. The van der Waals surface area contributed by atoms with Crippen molar-refractivity contribution in [1.29, 1.82) is 0 Å². The molecule has 1 aliphatic heterocycles. The molecule has 0 spiro atoms. The highest BCUT2D eigenvalue weighted by molar-refractivity contribution is 7.89. The summed E-state index contributed by atoms with van der Waals surface area (Å²) in [5.41, 5.74) is 1.22. The van der Waals surface area contributed by atoms with Crippen LogP contribution in [0.3, 0.4) is 0 Å².